The Morgan fingerprint density at radius 3 is 2.76 bits per heavy atom. The van der Waals surface area contributed by atoms with E-state index in [2.05, 4.69) is 27.6 Å². The minimum Gasteiger partial charge on any atom is -0.385 e. The van der Waals surface area contributed by atoms with E-state index in [1.165, 1.54) is 6.07 Å². The van der Waals surface area contributed by atoms with Gasteiger partial charge in [0.15, 0.2) is 5.96 Å². The summed E-state index contributed by atoms with van der Waals surface area (Å²) < 4.78 is 18.2. The average Bonchev–Trinajstić information content (AvgIpc) is 2.55. The number of aliphatic imine (C=N–C) groups is 1. The highest BCUT2D eigenvalue weighted by Crippen LogP contribution is 2.03. The Balaban J connectivity index is 0.00000576. The van der Waals surface area contributed by atoms with Crippen molar-refractivity contribution in [2.24, 2.45) is 4.99 Å². The molecule has 1 aromatic carbocycles. The summed E-state index contributed by atoms with van der Waals surface area (Å²) in [5, 5.41) is 6.53. The van der Waals surface area contributed by atoms with Crippen molar-refractivity contribution < 1.29 is 9.13 Å². The highest BCUT2D eigenvalue weighted by Gasteiger charge is 2.00. The summed E-state index contributed by atoms with van der Waals surface area (Å²) in [5.74, 6) is 0.615. The maximum absolute atomic E-state index is 13.2. The largest absolute Gasteiger partial charge is 0.385 e. The zero-order valence-corrected chi connectivity index (χ0v) is 17.9. The first kappa shape index (κ1) is 24.1. The van der Waals surface area contributed by atoms with Gasteiger partial charge in [-0.2, -0.15) is 0 Å². The van der Waals surface area contributed by atoms with Crippen LogP contribution in [0.4, 0.5) is 4.39 Å². The van der Waals surface area contributed by atoms with Crippen LogP contribution in [-0.4, -0.2) is 64.3 Å². The van der Waals surface area contributed by atoms with E-state index in [1.807, 2.05) is 13.0 Å². The Labute approximate surface area is 168 Å². The first-order valence-corrected chi connectivity index (χ1v) is 8.59. The molecule has 2 N–H and O–H groups in total. The first-order valence-electron chi connectivity index (χ1n) is 8.59. The van der Waals surface area contributed by atoms with Gasteiger partial charge in [-0.05, 0) is 44.5 Å². The lowest BCUT2D eigenvalue weighted by molar-refractivity contribution is 0.180. The molecule has 5 nitrogen and oxygen atoms in total. The van der Waals surface area contributed by atoms with Gasteiger partial charge < -0.3 is 20.3 Å². The molecule has 0 aliphatic heterocycles. The van der Waals surface area contributed by atoms with Crippen LogP contribution in [0.1, 0.15) is 18.9 Å². The summed E-state index contributed by atoms with van der Waals surface area (Å²) in [6.07, 6.45) is 1.79. The van der Waals surface area contributed by atoms with Crippen molar-refractivity contribution in [2.75, 3.05) is 53.5 Å². The second kappa shape index (κ2) is 15.3. The second-order valence-corrected chi connectivity index (χ2v) is 5.72. The lowest BCUT2D eigenvalue weighted by Gasteiger charge is -2.16. The summed E-state index contributed by atoms with van der Waals surface area (Å²) in [6.45, 7) is 7.02. The number of nitrogens with zero attached hydrogens (tertiary/aromatic N) is 2. The van der Waals surface area contributed by atoms with Gasteiger partial charge in [-0.25, -0.2) is 4.39 Å². The zero-order valence-electron chi connectivity index (χ0n) is 15.6. The molecule has 7 heteroatoms. The fourth-order valence-corrected chi connectivity index (χ4v) is 2.28. The van der Waals surface area contributed by atoms with Crippen LogP contribution in [0.5, 0.6) is 0 Å². The van der Waals surface area contributed by atoms with Crippen LogP contribution in [0.15, 0.2) is 29.3 Å². The van der Waals surface area contributed by atoms with E-state index in [0.717, 1.165) is 63.7 Å². The van der Waals surface area contributed by atoms with E-state index in [-0.39, 0.29) is 29.8 Å². The van der Waals surface area contributed by atoms with E-state index in [1.54, 1.807) is 19.2 Å². The lowest BCUT2D eigenvalue weighted by atomic mass is 10.1. The van der Waals surface area contributed by atoms with E-state index in [0.29, 0.717) is 0 Å². The van der Waals surface area contributed by atoms with Crippen LogP contribution in [0.3, 0.4) is 0 Å². The van der Waals surface area contributed by atoms with Gasteiger partial charge in [0.25, 0.3) is 0 Å². The van der Waals surface area contributed by atoms with E-state index in [9.17, 15) is 4.39 Å². The van der Waals surface area contributed by atoms with Crippen molar-refractivity contribution >= 4 is 29.9 Å². The molecule has 0 aliphatic carbocycles. The molecule has 0 atom stereocenters. The number of hydrogen-bond donors (Lipinski definition) is 2. The van der Waals surface area contributed by atoms with Crippen LogP contribution in [0.25, 0.3) is 0 Å². The zero-order chi connectivity index (χ0) is 17.6. The van der Waals surface area contributed by atoms with Crippen molar-refractivity contribution in [3.63, 3.8) is 0 Å². The summed E-state index contributed by atoms with van der Waals surface area (Å²) in [5.41, 5.74) is 0.983. The molecule has 0 fully saturated rings. The third-order valence-electron chi connectivity index (χ3n) is 3.58. The minimum atomic E-state index is -0.190. The third-order valence-corrected chi connectivity index (χ3v) is 3.58. The van der Waals surface area contributed by atoms with Gasteiger partial charge in [0.2, 0.25) is 0 Å². The van der Waals surface area contributed by atoms with Crippen LogP contribution >= 0.6 is 24.0 Å². The molecule has 25 heavy (non-hydrogen) atoms. The number of nitrogens with one attached hydrogen (secondary N) is 2. The van der Waals surface area contributed by atoms with Gasteiger partial charge in [-0.1, -0.05) is 12.1 Å². The predicted molar refractivity (Wildman–Crippen MR) is 113 cm³/mol. The smallest absolute Gasteiger partial charge is 0.191 e. The Morgan fingerprint density at radius 1 is 1.28 bits per heavy atom. The highest BCUT2D eigenvalue weighted by atomic mass is 127. The van der Waals surface area contributed by atoms with Gasteiger partial charge >= 0.3 is 0 Å². The molecule has 0 aliphatic rings. The lowest BCUT2D eigenvalue weighted by Crippen LogP contribution is -2.39. The molecule has 0 heterocycles. The number of methoxy groups -OCH3 is 1. The van der Waals surface area contributed by atoms with Crippen molar-refractivity contribution in [3.8, 4) is 0 Å². The van der Waals surface area contributed by atoms with Gasteiger partial charge in [0, 0.05) is 39.9 Å². The maximum atomic E-state index is 13.2. The Hall–Kier alpha value is -0.930. The van der Waals surface area contributed by atoms with Crippen molar-refractivity contribution in [3.05, 3.63) is 35.6 Å². The molecular weight excluding hydrogens is 434 g/mol. The summed E-state index contributed by atoms with van der Waals surface area (Å²) in [6, 6.07) is 6.71. The Kier molecular flexibility index (Phi) is 14.8. The van der Waals surface area contributed by atoms with Crippen LogP contribution in [-0.2, 0) is 11.2 Å². The minimum absolute atomic E-state index is 0. The standard InChI is InChI=1S/C18H31FN4O.HI/c1-4-20-18(22-11-13-23(2)12-6-14-24-3)21-10-9-16-7-5-8-17(19)15-16;/h5,7-8,15H,4,6,9-14H2,1-3H3,(H2,20,21,22);1H. The van der Waals surface area contributed by atoms with Crippen LogP contribution < -0.4 is 10.6 Å². The normalized spacial score (nSPS) is 11.3. The maximum Gasteiger partial charge on any atom is 0.191 e. The Bertz CT molecular complexity index is 488. The molecule has 0 aromatic heterocycles. The average molecular weight is 466 g/mol. The SMILES string of the molecule is CCNC(=NCCN(C)CCCOC)NCCc1cccc(F)c1.I. The van der Waals surface area contributed by atoms with Gasteiger partial charge in [0.1, 0.15) is 5.82 Å². The number of halogens is 2. The second-order valence-electron chi connectivity index (χ2n) is 5.72. The Morgan fingerprint density at radius 2 is 2.08 bits per heavy atom. The van der Waals surface area contributed by atoms with Crippen LogP contribution in [0, 0.1) is 5.82 Å². The molecule has 144 valence electrons. The van der Waals surface area contributed by atoms with E-state index >= 15 is 0 Å². The van der Waals surface area contributed by atoms with Gasteiger partial charge in [-0.15, -0.1) is 24.0 Å². The molecule has 0 saturated heterocycles. The van der Waals surface area contributed by atoms with Crippen molar-refractivity contribution in [2.45, 2.75) is 19.8 Å². The molecular formula is C18H32FIN4O. The molecule has 1 aromatic rings. The molecule has 0 spiro atoms. The number of ether oxygens (including phenoxy) is 1. The van der Waals surface area contributed by atoms with Crippen LogP contribution in [0.2, 0.25) is 0 Å². The fourth-order valence-electron chi connectivity index (χ4n) is 2.28. The molecule has 0 amide bonds. The molecule has 1 rings (SSSR count). The molecule has 0 saturated carbocycles. The van der Waals surface area contributed by atoms with Crippen molar-refractivity contribution in [1.29, 1.82) is 0 Å². The quantitative estimate of drug-likeness (QED) is 0.228. The number of rotatable bonds is 11. The molecule has 0 bridgehead atoms. The predicted octanol–water partition coefficient (Wildman–Crippen LogP) is 2.51. The summed E-state index contributed by atoms with van der Waals surface area (Å²) >= 11 is 0. The number of guanidine groups is 1. The number of benzene rings is 1. The van der Waals surface area contributed by atoms with Crippen molar-refractivity contribution in [1.82, 2.24) is 15.5 Å². The fraction of sp³-hybridized carbons (Fsp3) is 0.611. The number of hydrogen-bond acceptors (Lipinski definition) is 3. The van der Waals surface area contributed by atoms with Gasteiger partial charge in [0.05, 0.1) is 6.54 Å². The third kappa shape index (κ3) is 12.1. The summed E-state index contributed by atoms with van der Waals surface area (Å²) in [4.78, 5) is 6.83. The highest BCUT2D eigenvalue weighted by molar-refractivity contribution is 14.0. The van der Waals surface area contributed by atoms with E-state index < -0.39 is 0 Å². The topological polar surface area (TPSA) is 48.9 Å². The first-order chi connectivity index (χ1) is 11.7. The monoisotopic (exact) mass is 466 g/mol. The van der Waals surface area contributed by atoms with E-state index in [4.69, 9.17) is 4.74 Å². The molecule has 0 unspecified atom stereocenters. The summed E-state index contributed by atoms with van der Waals surface area (Å²) in [7, 11) is 3.82. The number of likely N-dealkylation sites (N-methyl/N-ethyl adjacent to an activating group) is 1. The molecule has 0 radical (unpaired) electrons. The van der Waals surface area contributed by atoms with Gasteiger partial charge in [-0.3, -0.25) is 4.99 Å².